The number of allylic oxidation sites excluding steroid dienone is 1. The molecule has 3 aliphatic rings. The number of carbonyl (C=O) groups is 3. The molecule has 0 saturated carbocycles. The number of aryl methyl sites for hydroxylation is 1. The average molecular weight is 629 g/mol. The van der Waals surface area contributed by atoms with Gasteiger partial charge in [-0.05, 0) is 55.5 Å². The second-order valence-corrected chi connectivity index (χ2v) is 11.6. The number of anilines is 1. The number of nitrogens with zero attached hydrogens (tertiary/aromatic N) is 5. The third kappa shape index (κ3) is 5.19. The number of primary amides is 1. The zero-order valence-corrected chi connectivity index (χ0v) is 25.4. The fourth-order valence-electron chi connectivity index (χ4n) is 6.63. The number of nitrogens with two attached hydrogens (primary N) is 1. The predicted octanol–water partition coefficient (Wildman–Crippen LogP) is 0.279. The Morgan fingerprint density at radius 3 is 2.38 bits per heavy atom. The lowest BCUT2D eigenvalue weighted by atomic mass is 9.58. The van der Waals surface area contributed by atoms with Crippen LogP contribution in [0.5, 0.6) is 5.75 Å². The van der Waals surface area contributed by atoms with Crippen LogP contribution in [-0.2, 0) is 22.6 Å². The van der Waals surface area contributed by atoms with Gasteiger partial charge in [-0.2, -0.15) is 0 Å². The van der Waals surface area contributed by atoms with Gasteiger partial charge >= 0.3 is 5.82 Å². The molecule has 5 rings (SSSR count). The summed E-state index contributed by atoms with van der Waals surface area (Å²) in [6, 6.07) is 2.06. The number of ketones is 2. The molecule has 7 N–H and O–H groups in total. The highest BCUT2D eigenvalue weighted by Crippen LogP contribution is 2.53. The minimum Gasteiger partial charge on any atom is -0.510 e. The molecular weight excluding hydrogens is 592 g/mol. The lowest BCUT2D eigenvalue weighted by molar-refractivity contribution is -0.392. The standard InChI is InChI=1S/C23H27N3O7.C6H9N3O3/c1-25(2)12-5-6-13(27)15-10(12)7-9-8-11-17(26(3)4)19(29)16(22(24)32)21(31)23(11,33)20(30)14(9)18(15)28;1-5-7-4-6(9(11)12)8(5)2-3-10/h5-6,9,11,17,27,29-30,33H,7-8H2,1-4H3,(H2,24,32);4,10H,2-3H2,1H3/t9-,11-,17-,23-;/m0./s1. The predicted molar refractivity (Wildman–Crippen MR) is 159 cm³/mol. The Labute approximate surface area is 257 Å². The number of rotatable bonds is 6. The lowest BCUT2D eigenvalue weighted by Gasteiger charge is -2.50. The van der Waals surface area contributed by atoms with Gasteiger partial charge in [0.05, 0.1) is 18.2 Å². The Morgan fingerprint density at radius 2 is 1.84 bits per heavy atom. The molecule has 0 unspecified atom stereocenters. The SMILES string of the molecule is CN(C)c1ccc(O)c2c1C[C@H]1C[C@H]3[C@H](N(C)C)C(O)=C(C(N)=O)C(=O)[C@@]3(O)C(O)=C1C2=O.Cc1ncc([N+](=O)[O-])n1CCO. The van der Waals surface area contributed by atoms with Crippen LogP contribution in [0.15, 0.2) is 41.0 Å². The quantitative estimate of drug-likeness (QED) is 0.143. The highest BCUT2D eigenvalue weighted by molar-refractivity contribution is 6.24. The van der Waals surface area contributed by atoms with E-state index in [9.17, 15) is 44.9 Å². The smallest absolute Gasteiger partial charge is 0.342 e. The van der Waals surface area contributed by atoms with Crippen molar-refractivity contribution >= 4 is 29.0 Å². The van der Waals surface area contributed by atoms with Gasteiger partial charge in [-0.1, -0.05) is 0 Å². The normalized spacial score (nSPS) is 24.0. The van der Waals surface area contributed by atoms with Gasteiger partial charge in [0, 0.05) is 38.2 Å². The maximum Gasteiger partial charge on any atom is 0.342 e. The Balaban J connectivity index is 0.000000323. The van der Waals surface area contributed by atoms with E-state index in [-0.39, 0.29) is 48.7 Å². The molecule has 0 spiro atoms. The van der Waals surface area contributed by atoms with Crippen molar-refractivity contribution in [3.63, 3.8) is 0 Å². The third-order valence-corrected chi connectivity index (χ3v) is 8.61. The highest BCUT2D eigenvalue weighted by Gasteiger charge is 2.63. The molecule has 3 aliphatic carbocycles. The van der Waals surface area contributed by atoms with E-state index < -0.39 is 63.0 Å². The molecule has 4 atom stereocenters. The number of aromatic hydroxyl groups is 1. The fourth-order valence-corrected chi connectivity index (χ4v) is 6.63. The molecule has 1 heterocycles. The number of hydrogen-bond acceptors (Lipinski definition) is 13. The molecule has 0 saturated heterocycles. The number of aliphatic hydroxyl groups excluding tert-OH is 3. The van der Waals surface area contributed by atoms with Crippen molar-refractivity contribution in [2.24, 2.45) is 17.6 Å². The molecule has 1 amide bonds. The number of phenolic OH excluding ortho intramolecular Hbond substituents is 1. The van der Waals surface area contributed by atoms with Crippen molar-refractivity contribution in [3.8, 4) is 5.75 Å². The molecule has 0 fully saturated rings. The van der Waals surface area contributed by atoms with Crippen LogP contribution in [0.3, 0.4) is 0 Å². The minimum absolute atomic E-state index is 0.00184. The van der Waals surface area contributed by atoms with Crippen LogP contribution in [0.4, 0.5) is 11.5 Å². The van der Waals surface area contributed by atoms with E-state index in [0.29, 0.717) is 11.4 Å². The number of likely N-dealkylation sites (N-methyl/N-ethyl adjacent to an activating group) is 1. The fraction of sp³-hybridized carbons (Fsp3) is 0.448. The molecule has 1 aromatic heterocycles. The number of Topliss-reactive ketones (excluding diaryl/α,β-unsaturated/α-hetero) is 2. The number of nitro groups is 1. The van der Waals surface area contributed by atoms with Crippen molar-refractivity contribution in [1.29, 1.82) is 0 Å². The average Bonchev–Trinajstić information content (AvgIpc) is 3.31. The van der Waals surface area contributed by atoms with E-state index in [0.717, 1.165) is 5.69 Å². The first kappa shape index (κ1) is 33.1. The summed E-state index contributed by atoms with van der Waals surface area (Å²) in [6.45, 7) is 1.74. The lowest BCUT2D eigenvalue weighted by Crippen LogP contribution is -2.63. The number of carbonyl (C=O) groups excluding carboxylic acids is 3. The van der Waals surface area contributed by atoms with Crippen LogP contribution >= 0.6 is 0 Å². The van der Waals surface area contributed by atoms with E-state index in [2.05, 4.69) is 4.98 Å². The maximum absolute atomic E-state index is 13.5. The van der Waals surface area contributed by atoms with E-state index in [1.807, 2.05) is 0 Å². The molecular formula is C29H36N6O10. The Morgan fingerprint density at radius 1 is 1.20 bits per heavy atom. The van der Waals surface area contributed by atoms with Gasteiger partial charge in [0.25, 0.3) is 5.91 Å². The molecule has 2 aromatic rings. The largest absolute Gasteiger partial charge is 0.510 e. The number of imidazole rings is 1. The number of amides is 1. The summed E-state index contributed by atoms with van der Waals surface area (Å²) < 4.78 is 1.36. The van der Waals surface area contributed by atoms with Crippen molar-refractivity contribution in [1.82, 2.24) is 14.5 Å². The minimum atomic E-state index is -2.63. The molecule has 1 aromatic carbocycles. The summed E-state index contributed by atoms with van der Waals surface area (Å²) in [5.74, 6) is -6.08. The monoisotopic (exact) mass is 628 g/mol. The number of benzene rings is 1. The molecule has 16 heteroatoms. The zero-order chi connectivity index (χ0) is 33.7. The van der Waals surface area contributed by atoms with Crippen LogP contribution in [0.1, 0.15) is 28.2 Å². The van der Waals surface area contributed by atoms with E-state index in [1.54, 1.807) is 46.1 Å². The van der Waals surface area contributed by atoms with Crippen LogP contribution in [0.2, 0.25) is 0 Å². The maximum atomic E-state index is 13.5. The molecule has 0 bridgehead atoms. The molecule has 242 valence electrons. The number of aromatic nitrogens is 2. The summed E-state index contributed by atoms with van der Waals surface area (Å²) in [7, 11) is 6.79. The van der Waals surface area contributed by atoms with Crippen LogP contribution in [-0.4, -0.2) is 109 Å². The second kappa shape index (κ2) is 11.9. The highest BCUT2D eigenvalue weighted by atomic mass is 16.6. The topological polar surface area (TPSA) is 246 Å². The van der Waals surface area contributed by atoms with Gasteiger partial charge in [0.15, 0.2) is 17.2 Å². The van der Waals surface area contributed by atoms with E-state index in [4.69, 9.17) is 10.8 Å². The van der Waals surface area contributed by atoms with Gasteiger partial charge in [0.2, 0.25) is 5.78 Å². The summed E-state index contributed by atoms with van der Waals surface area (Å²) in [5, 5.41) is 62.9. The van der Waals surface area contributed by atoms with E-state index >= 15 is 0 Å². The van der Waals surface area contributed by atoms with Gasteiger partial charge < -0.3 is 46.3 Å². The summed E-state index contributed by atoms with van der Waals surface area (Å²) >= 11 is 0. The number of hydrogen-bond donors (Lipinski definition) is 6. The number of fused-ring (bicyclic) bond motifs is 3. The Kier molecular flexibility index (Phi) is 8.79. The molecule has 0 aliphatic heterocycles. The Hall–Kier alpha value is -4.80. The van der Waals surface area contributed by atoms with Gasteiger partial charge in [-0.25, -0.2) is 9.55 Å². The zero-order valence-electron chi connectivity index (χ0n) is 25.4. The second-order valence-electron chi connectivity index (χ2n) is 11.6. The van der Waals surface area contributed by atoms with Gasteiger partial charge in [0.1, 0.15) is 35.6 Å². The summed E-state index contributed by atoms with van der Waals surface area (Å²) in [4.78, 5) is 55.6. The Bertz CT molecular complexity index is 1660. The van der Waals surface area contributed by atoms with Gasteiger partial charge in [-0.3, -0.25) is 19.3 Å². The van der Waals surface area contributed by atoms with Crippen molar-refractivity contribution < 1.29 is 44.8 Å². The summed E-state index contributed by atoms with van der Waals surface area (Å²) in [5.41, 5.74) is 3.02. The first-order valence-corrected chi connectivity index (χ1v) is 13.9. The van der Waals surface area contributed by atoms with Crippen LogP contribution in [0.25, 0.3) is 0 Å². The van der Waals surface area contributed by atoms with Crippen molar-refractivity contribution in [3.05, 3.63) is 68.1 Å². The molecule has 0 radical (unpaired) electrons. The first-order valence-electron chi connectivity index (χ1n) is 13.9. The third-order valence-electron chi connectivity index (χ3n) is 8.61. The summed E-state index contributed by atoms with van der Waals surface area (Å²) in [6.07, 6.45) is 1.51. The number of phenols is 1. The van der Waals surface area contributed by atoms with Gasteiger partial charge in [-0.15, -0.1) is 0 Å². The first-order chi connectivity index (χ1) is 21.0. The molecule has 45 heavy (non-hydrogen) atoms. The van der Waals surface area contributed by atoms with Crippen LogP contribution < -0.4 is 10.6 Å². The van der Waals surface area contributed by atoms with Crippen molar-refractivity contribution in [2.45, 2.75) is 38.0 Å². The van der Waals surface area contributed by atoms with E-state index in [1.165, 1.54) is 21.7 Å². The number of aliphatic hydroxyl groups is 4. The van der Waals surface area contributed by atoms with Crippen LogP contribution in [0, 0.1) is 28.9 Å². The molecule has 16 nitrogen and oxygen atoms in total. The van der Waals surface area contributed by atoms with Crippen molar-refractivity contribution in [2.75, 3.05) is 39.7 Å².